The van der Waals surface area contributed by atoms with Gasteiger partial charge in [0.1, 0.15) is 0 Å². The van der Waals surface area contributed by atoms with Gasteiger partial charge in [-0.05, 0) is 69.7 Å². The number of ether oxygens (including phenoxy) is 1. The molecule has 6 rings (SSSR count). The van der Waals surface area contributed by atoms with Crippen molar-refractivity contribution in [3.63, 3.8) is 0 Å². The van der Waals surface area contributed by atoms with Gasteiger partial charge in [0.15, 0.2) is 11.6 Å². The maximum absolute atomic E-state index is 13.7. The zero-order valence-electron chi connectivity index (χ0n) is 31.6. The largest absolute Gasteiger partial charge is 0.481 e. The Balaban J connectivity index is 1.40. The van der Waals surface area contributed by atoms with Gasteiger partial charge in [-0.25, -0.2) is 0 Å². The quantitative estimate of drug-likeness (QED) is 0.174. The van der Waals surface area contributed by atoms with Crippen molar-refractivity contribution < 1.29 is 29.0 Å². The van der Waals surface area contributed by atoms with Crippen LogP contribution in [0.3, 0.4) is 0 Å². The minimum atomic E-state index is -1.05. The summed E-state index contributed by atoms with van der Waals surface area (Å²) in [6.07, 6.45) is 5.80. The fourth-order valence-corrected chi connectivity index (χ4v) is 8.79. The van der Waals surface area contributed by atoms with Gasteiger partial charge in [-0.2, -0.15) is 0 Å². The molecule has 4 aliphatic rings. The van der Waals surface area contributed by atoms with Crippen LogP contribution < -0.4 is 5.32 Å². The fourth-order valence-electron chi connectivity index (χ4n) is 8.79. The van der Waals surface area contributed by atoms with Crippen LogP contribution in [0.15, 0.2) is 27.0 Å². The first-order chi connectivity index (χ1) is 24.8. The Morgan fingerprint density at radius 3 is 2.52 bits per heavy atom. The Morgan fingerprint density at radius 2 is 1.81 bits per heavy atom. The Hall–Kier alpha value is -4.38. The van der Waals surface area contributed by atoms with E-state index < -0.39 is 5.97 Å². The van der Waals surface area contributed by atoms with Gasteiger partial charge in [0.25, 0.3) is 0 Å². The lowest BCUT2D eigenvalue weighted by Crippen LogP contribution is -2.31. The second kappa shape index (κ2) is 15.3. The molecule has 0 aromatic carbocycles. The van der Waals surface area contributed by atoms with Crippen molar-refractivity contribution in [2.24, 2.45) is 27.7 Å². The van der Waals surface area contributed by atoms with Crippen molar-refractivity contribution in [3.05, 3.63) is 62.0 Å². The number of carboxylic acids is 1. The van der Waals surface area contributed by atoms with Crippen LogP contribution in [0.4, 0.5) is 0 Å². The molecule has 0 saturated heterocycles. The molecule has 2 aromatic heterocycles. The van der Waals surface area contributed by atoms with Gasteiger partial charge in [0, 0.05) is 119 Å². The summed E-state index contributed by atoms with van der Waals surface area (Å²) in [5.74, 6) is -1.67. The summed E-state index contributed by atoms with van der Waals surface area (Å²) < 4.78 is 6.30. The Bertz CT molecular complexity index is 1920. The molecule has 11 heteroatoms. The van der Waals surface area contributed by atoms with E-state index in [1.807, 2.05) is 6.92 Å². The number of rotatable bonds is 13. The van der Waals surface area contributed by atoms with Crippen molar-refractivity contribution in [2.75, 3.05) is 13.2 Å². The number of carbonyl (C=O) groups is 4. The van der Waals surface area contributed by atoms with Crippen molar-refractivity contribution in [2.45, 2.75) is 118 Å². The zero-order valence-corrected chi connectivity index (χ0v) is 31.6. The molecule has 8 bridgehead atoms. The van der Waals surface area contributed by atoms with E-state index >= 15 is 0 Å². The third-order valence-electron chi connectivity index (χ3n) is 11.7. The minimum Gasteiger partial charge on any atom is -0.481 e. The highest BCUT2D eigenvalue weighted by Gasteiger charge is 2.44. The second-order valence-corrected chi connectivity index (χ2v) is 15.1. The maximum atomic E-state index is 13.7. The molecule has 0 radical (unpaired) electrons. The molecule has 3 unspecified atom stereocenters. The van der Waals surface area contributed by atoms with Crippen LogP contribution in [0.2, 0.25) is 0 Å². The molecular weight excluding hydrogens is 658 g/mol. The minimum absolute atomic E-state index is 0.0365. The van der Waals surface area contributed by atoms with Gasteiger partial charge in [0.05, 0.1) is 19.1 Å². The number of nitrogens with one attached hydrogen (secondary N) is 3. The number of ketones is 2. The lowest BCUT2D eigenvalue weighted by molar-refractivity contribution is -0.138. The Morgan fingerprint density at radius 1 is 1.04 bits per heavy atom. The van der Waals surface area contributed by atoms with Gasteiger partial charge < -0.3 is 25.1 Å². The van der Waals surface area contributed by atoms with Crippen LogP contribution in [0.25, 0.3) is 6.08 Å². The van der Waals surface area contributed by atoms with Gasteiger partial charge >= 0.3 is 5.97 Å². The highest BCUT2D eigenvalue weighted by molar-refractivity contribution is 6.11. The number of Topliss-reactive ketones (excluding diaryl/α,β-unsaturated/α-hetero) is 2. The molecule has 11 nitrogen and oxygen atoms in total. The van der Waals surface area contributed by atoms with Crippen molar-refractivity contribution in [3.8, 4) is 0 Å². The van der Waals surface area contributed by atoms with Crippen LogP contribution in [0, 0.1) is 31.6 Å². The predicted octanol–water partition coefficient (Wildman–Crippen LogP) is 7.05. The van der Waals surface area contributed by atoms with Crippen LogP contribution in [0.1, 0.15) is 141 Å². The van der Waals surface area contributed by atoms with E-state index in [1.165, 1.54) is 5.57 Å². The standard InChI is InChI=1S/C41H53N5O6/c1-8-14-52-24(7)38-22(5)31-16-30-21(4)27(11-12-36(49)42-19-25(47)10-13-37(50)51)40(45-30)28-15-35(48)39-23(6)32(46-41(28)39)17-33-26(9-2)20(3)29(43-33)18-34(38)44-31/h16,21,24,26-28,44,46H,8-15,17-19H2,1-7H3,(H,42,49)(H,50,51)/t21-,24?,26?,27-,28?/m0/s1. The lowest BCUT2D eigenvalue weighted by Gasteiger charge is -2.22. The number of hydrogen-bond acceptors (Lipinski definition) is 7. The molecule has 278 valence electrons. The molecule has 1 aliphatic carbocycles. The monoisotopic (exact) mass is 711 g/mol. The first-order valence-corrected chi connectivity index (χ1v) is 19.0. The third kappa shape index (κ3) is 7.16. The first-order valence-electron chi connectivity index (χ1n) is 19.0. The molecule has 4 N–H and O–H groups in total. The number of aliphatic carboxylic acids is 1. The highest BCUT2D eigenvalue weighted by Crippen LogP contribution is 2.46. The smallest absolute Gasteiger partial charge is 0.303 e. The van der Waals surface area contributed by atoms with Gasteiger partial charge in [-0.3, -0.25) is 29.2 Å². The summed E-state index contributed by atoms with van der Waals surface area (Å²) in [6.45, 7) is 15.4. The van der Waals surface area contributed by atoms with E-state index in [0.29, 0.717) is 32.3 Å². The zero-order chi connectivity index (χ0) is 37.4. The summed E-state index contributed by atoms with van der Waals surface area (Å²) in [5.41, 5.74) is 13.3. The van der Waals surface area contributed by atoms with Crippen LogP contribution >= 0.6 is 0 Å². The average molecular weight is 712 g/mol. The van der Waals surface area contributed by atoms with Crippen molar-refractivity contribution in [1.29, 1.82) is 0 Å². The SMILES string of the molecule is CCCOC(C)c1c2[nH]c(c1C)C=C1N=C(C3CC(=O)c4c3[nH]c(c4C)CC3=NC(=C(C)C3CC)C2)[C@@H](CCC(=O)NCC(=O)CCC(=O)O)[C@@H]1C. The number of amides is 1. The number of aliphatic imine (C=N–C) groups is 2. The predicted molar refractivity (Wildman–Crippen MR) is 201 cm³/mol. The van der Waals surface area contributed by atoms with Crippen molar-refractivity contribution in [1.82, 2.24) is 15.3 Å². The molecule has 0 fully saturated rings. The molecular formula is C41H53N5O6. The number of carbonyl (C=O) groups excluding carboxylic acids is 3. The van der Waals surface area contributed by atoms with E-state index in [1.54, 1.807) is 0 Å². The van der Waals surface area contributed by atoms with Gasteiger partial charge in [-0.1, -0.05) is 20.8 Å². The summed E-state index contributed by atoms with van der Waals surface area (Å²) in [6, 6.07) is 0. The summed E-state index contributed by atoms with van der Waals surface area (Å²) in [4.78, 5) is 67.8. The number of nitrogens with zero attached hydrogens (tertiary/aromatic N) is 2. The molecule has 52 heavy (non-hydrogen) atoms. The average Bonchev–Trinajstić information content (AvgIpc) is 3.86. The van der Waals surface area contributed by atoms with E-state index in [2.05, 4.69) is 62.9 Å². The molecule has 0 saturated carbocycles. The maximum Gasteiger partial charge on any atom is 0.303 e. The number of hydrogen-bond donors (Lipinski definition) is 4. The van der Waals surface area contributed by atoms with E-state index in [-0.39, 0.29) is 73.1 Å². The third-order valence-corrected chi connectivity index (χ3v) is 11.7. The Labute approximate surface area is 305 Å². The number of H-pyrrole nitrogens is 2. The fraction of sp³-hybridized carbons (Fsp3) is 0.561. The molecule has 2 aromatic rings. The highest BCUT2D eigenvalue weighted by atomic mass is 16.5. The number of aromatic nitrogens is 2. The van der Waals surface area contributed by atoms with E-state index in [9.17, 15) is 19.2 Å². The summed E-state index contributed by atoms with van der Waals surface area (Å²) >= 11 is 0. The molecule has 5 atom stereocenters. The first kappa shape index (κ1) is 37.4. The van der Waals surface area contributed by atoms with Gasteiger partial charge in [-0.15, -0.1) is 0 Å². The summed E-state index contributed by atoms with van der Waals surface area (Å²) in [7, 11) is 0. The molecule has 3 aliphatic heterocycles. The van der Waals surface area contributed by atoms with E-state index in [0.717, 1.165) is 80.7 Å². The van der Waals surface area contributed by atoms with Crippen LogP contribution in [-0.2, 0) is 32.0 Å². The molecule has 1 amide bonds. The normalized spacial score (nSPS) is 22.8. The number of allylic oxidation sites excluding steroid dienone is 3. The lowest BCUT2D eigenvalue weighted by atomic mass is 9.81. The van der Waals surface area contributed by atoms with Crippen LogP contribution in [0.5, 0.6) is 0 Å². The van der Waals surface area contributed by atoms with Gasteiger partial charge in [0.2, 0.25) is 5.91 Å². The number of aromatic amines is 2. The number of carboxylic acid groups (broad SMARTS) is 1. The van der Waals surface area contributed by atoms with Crippen LogP contribution in [-0.4, -0.2) is 63.1 Å². The van der Waals surface area contributed by atoms with E-state index in [4.69, 9.17) is 19.8 Å². The molecule has 0 spiro atoms. The summed E-state index contributed by atoms with van der Waals surface area (Å²) in [5, 5.41) is 11.6. The topological polar surface area (TPSA) is 166 Å². The molecule has 5 heterocycles. The Kier molecular flexibility index (Phi) is 11.0. The van der Waals surface area contributed by atoms with Crippen molar-refractivity contribution >= 4 is 40.9 Å². The second-order valence-electron chi connectivity index (χ2n) is 15.1. The number of fused-ring (bicyclic) bond motifs is 6.